The molecular weight excluding hydrogens is 324 g/mol. The Labute approximate surface area is 125 Å². The van der Waals surface area contributed by atoms with Crippen LogP contribution in [0.15, 0.2) is 34.8 Å². The zero-order valence-corrected chi connectivity index (χ0v) is 13.3. The van der Waals surface area contributed by atoms with Gasteiger partial charge >= 0.3 is 0 Å². The van der Waals surface area contributed by atoms with Gasteiger partial charge in [0.2, 0.25) is 5.78 Å². The molecule has 0 saturated carbocycles. The molecule has 4 heteroatoms. The Hall–Kier alpha value is -1.13. The minimum absolute atomic E-state index is 0.0343. The third kappa shape index (κ3) is 3.67. The molecule has 19 heavy (non-hydrogen) atoms. The second-order valence-electron chi connectivity index (χ2n) is 4.24. The first-order chi connectivity index (χ1) is 9.10. The van der Waals surface area contributed by atoms with Crippen LogP contribution in [0.3, 0.4) is 0 Å². The number of hydrogen-bond donors (Lipinski definition) is 0. The largest absolute Gasteiger partial charge is 0.485 e. The van der Waals surface area contributed by atoms with E-state index in [0.717, 1.165) is 27.1 Å². The predicted molar refractivity (Wildman–Crippen MR) is 82.4 cm³/mol. The first-order valence-corrected chi connectivity index (χ1v) is 7.72. The lowest BCUT2D eigenvalue weighted by molar-refractivity contribution is 0.0925. The zero-order valence-electron chi connectivity index (χ0n) is 10.9. The van der Waals surface area contributed by atoms with E-state index in [1.165, 1.54) is 4.88 Å². The number of aryl methyl sites for hydroxylation is 2. The van der Waals surface area contributed by atoms with Crippen LogP contribution in [0.25, 0.3) is 0 Å². The molecule has 0 radical (unpaired) electrons. The molecule has 2 aromatic rings. The Morgan fingerprint density at radius 1 is 1.32 bits per heavy atom. The van der Waals surface area contributed by atoms with Crippen LogP contribution in [0.4, 0.5) is 0 Å². The second-order valence-corrected chi connectivity index (χ2v) is 6.33. The molecule has 1 aromatic carbocycles. The van der Waals surface area contributed by atoms with Crippen LogP contribution in [0.5, 0.6) is 5.75 Å². The van der Waals surface area contributed by atoms with Gasteiger partial charge in [0.25, 0.3) is 0 Å². The lowest BCUT2D eigenvalue weighted by atomic mass is 10.2. The van der Waals surface area contributed by atoms with Crippen LogP contribution in [-0.4, -0.2) is 12.4 Å². The van der Waals surface area contributed by atoms with Crippen molar-refractivity contribution >= 4 is 33.0 Å². The van der Waals surface area contributed by atoms with E-state index in [0.29, 0.717) is 0 Å². The Balaban J connectivity index is 2.00. The van der Waals surface area contributed by atoms with Crippen LogP contribution in [0.2, 0.25) is 0 Å². The van der Waals surface area contributed by atoms with Gasteiger partial charge in [-0.1, -0.05) is 22.9 Å². The minimum atomic E-state index is 0.0343. The third-order valence-electron chi connectivity index (χ3n) is 2.78. The van der Waals surface area contributed by atoms with Gasteiger partial charge in [0.05, 0.1) is 4.88 Å². The summed E-state index contributed by atoms with van der Waals surface area (Å²) in [6, 6.07) is 9.64. The number of ether oxygens (including phenoxy) is 1. The molecule has 0 aliphatic carbocycles. The highest BCUT2D eigenvalue weighted by Crippen LogP contribution is 2.23. The molecule has 2 rings (SSSR count). The molecule has 0 spiro atoms. The molecule has 0 saturated heterocycles. The van der Waals surface area contributed by atoms with Crippen molar-refractivity contribution in [2.75, 3.05) is 6.61 Å². The number of carbonyl (C=O) groups excluding carboxylic acids is 1. The van der Waals surface area contributed by atoms with Gasteiger partial charge in [-0.2, -0.15) is 0 Å². The highest BCUT2D eigenvalue weighted by atomic mass is 79.9. The molecule has 0 fully saturated rings. The maximum Gasteiger partial charge on any atom is 0.210 e. The predicted octanol–water partition coefficient (Wildman–Crippen LogP) is 4.64. The number of halogens is 1. The van der Waals surface area contributed by atoms with Crippen molar-refractivity contribution < 1.29 is 9.53 Å². The normalized spacial score (nSPS) is 10.5. The molecule has 1 heterocycles. The zero-order chi connectivity index (χ0) is 13.8. The molecule has 0 N–H and O–H groups in total. The van der Waals surface area contributed by atoms with Crippen molar-refractivity contribution in [3.63, 3.8) is 0 Å². The van der Waals surface area contributed by atoms with Gasteiger partial charge in [-0.25, -0.2) is 0 Å². The van der Waals surface area contributed by atoms with Gasteiger partial charge in [-0.05, 0) is 49.2 Å². The SMILES string of the molecule is CCc1ccc(C(=O)COc2ccc(Br)cc2C)s1. The quantitative estimate of drug-likeness (QED) is 0.742. The van der Waals surface area contributed by atoms with E-state index < -0.39 is 0 Å². The maximum atomic E-state index is 12.0. The fourth-order valence-corrected chi connectivity index (χ4v) is 3.05. The highest BCUT2D eigenvalue weighted by Gasteiger charge is 2.10. The van der Waals surface area contributed by atoms with Gasteiger partial charge in [0.15, 0.2) is 6.61 Å². The fraction of sp³-hybridized carbons (Fsp3) is 0.267. The van der Waals surface area contributed by atoms with Crippen molar-refractivity contribution in [3.05, 3.63) is 50.1 Å². The highest BCUT2D eigenvalue weighted by molar-refractivity contribution is 9.10. The molecule has 0 aliphatic rings. The van der Waals surface area contributed by atoms with Gasteiger partial charge in [0.1, 0.15) is 5.75 Å². The number of benzene rings is 1. The summed E-state index contributed by atoms with van der Waals surface area (Å²) in [5.41, 5.74) is 1.02. The summed E-state index contributed by atoms with van der Waals surface area (Å²) in [6.45, 7) is 4.14. The lowest BCUT2D eigenvalue weighted by Gasteiger charge is -2.08. The van der Waals surface area contributed by atoms with Crippen LogP contribution in [0.1, 0.15) is 27.0 Å². The molecule has 1 aromatic heterocycles. The molecule has 0 aliphatic heterocycles. The Morgan fingerprint density at radius 3 is 2.74 bits per heavy atom. The van der Waals surface area contributed by atoms with E-state index in [-0.39, 0.29) is 12.4 Å². The van der Waals surface area contributed by atoms with Crippen LogP contribution < -0.4 is 4.74 Å². The summed E-state index contributed by atoms with van der Waals surface area (Å²) in [5, 5.41) is 0. The van der Waals surface area contributed by atoms with Crippen molar-refractivity contribution in [3.8, 4) is 5.75 Å². The van der Waals surface area contributed by atoms with E-state index in [1.54, 1.807) is 11.3 Å². The van der Waals surface area contributed by atoms with Crippen molar-refractivity contribution in [1.82, 2.24) is 0 Å². The van der Waals surface area contributed by atoms with Gasteiger partial charge in [0, 0.05) is 9.35 Å². The van der Waals surface area contributed by atoms with E-state index in [4.69, 9.17) is 4.74 Å². The van der Waals surface area contributed by atoms with Crippen LogP contribution in [-0.2, 0) is 6.42 Å². The topological polar surface area (TPSA) is 26.3 Å². The number of ketones is 1. The number of carbonyl (C=O) groups is 1. The second kappa shape index (κ2) is 6.35. The monoisotopic (exact) mass is 338 g/mol. The molecule has 0 bridgehead atoms. The molecule has 0 atom stereocenters. The van der Waals surface area contributed by atoms with Gasteiger partial charge < -0.3 is 4.74 Å². The molecular formula is C15H15BrO2S. The maximum absolute atomic E-state index is 12.0. The van der Waals surface area contributed by atoms with Crippen LogP contribution >= 0.6 is 27.3 Å². The number of thiophene rings is 1. The molecule has 2 nitrogen and oxygen atoms in total. The minimum Gasteiger partial charge on any atom is -0.485 e. The summed E-state index contributed by atoms with van der Waals surface area (Å²) < 4.78 is 6.60. The van der Waals surface area contributed by atoms with Crippen molar-refractivity contribution in [1.29, 1.82) is 0 Å². The number of hydrogen-bond acceptors (Lipinski definition) is 3. The number of rotatable bonds is 5. The molecule has 100 valence electrons. The van der Waals surface area contributed by atoms with E-state index >= 15 is 0 Å². The van der Waals surface area contributed by atoms with Gasteiger partial charge in [-0.15, -0.1) is 11.3 Å². The Bertz CT molecular complexity index is 590. The average molecular weight is 339 g/mol. The summed E-state index contributed by atoms with van der Waals surface area (Å²) in [4.78, 5) is 14.0. The van der Waals surface area contributed by atoms with Crippen molar-refractivity contribution in [2.45, 2.75) is 20.3 Å². The average Bonchev–Trinajstić information content (AvgIpc) is 2.86. The van der Waals surface area contributed by atoms with E-state index in [9.17, 15) is 4.79 Å². The fourth-order valence-electron chi connectivity index (χ4n) is 1.71. The molecule has 0 unspecified atom stereocenters. The molecule has 0 amide bonds. The Kier molecular flexibility index (Phi) is 4.77. The van der Waals surface area contributed by atoms with E-state index in [2.05, 4.69) is 22.9 Å². The smallest absolute Gasteiger partial charge is 0.210 e. The lowest BCUT2D eigenvalue weighted by Crippen LogP contribution is -2.10. The summed E-state index contributed by atoms with van der Waals surface area (Å²) in [5.74, 6) is 0.788. The first-order valence-electron chi connectivity index (χ1n) is 6.11. The van der Waals surface area contributed by atoms with Crippen LogP contribution in [0, 0.1) is 6.92 Å². The first kappa shape index (κ1) is 14.3. The van der Waals surface area contributed by atoms with Crippen molar-refractivity contribution in [2.24, 2.45) is 0 Å². The van der Waals surface area contributed by atoms with E-state index in [1.807, 2.05) is 37.3 Å². The third-order valence-corrected chi connectivity index (χ3v) is 4.54. The summed E-state index contributed by atoms with van der Waals surface area (Å²) in [7, 11) is 0. The number of Topliss-reactive ketones (excluding diaryl/α,β-unsaturated/α-hetero) is 1. The standard InChI is InChI=1S/C15H15BrO2S/c1-3-12-5-7-15(19-12)13(17)9-18-14-6-4-11(16)8-10(14)2/h4-8H,3,9H2,1-2H3. The van der Waals surface area contributed by atoms with Gasteiger partial charge in [-0.3, -0.25) is 4.79 Å². The Morgan fingerprint density at radius 2 is 2.11 bits per heavy atom. The summed E-state index contributed by atoms with van der Waals surface area (Å²) in [6.07, 6.45) is 0.963. The summed E-state index contributed by atoms with van der Waals surface area (Å²) >= 11 is 4.95.